The molecule has 5 rings (SSSR count). The number of anilines is 1. The molecule has 1 N–H and O–H groups in total. The molecule has 1 saturated heterocycles. The summed E-state index contributed by atoms with van der Waals surface area (Å²) in [5.74, 6) is -1.08. The zero-order valence-corrected chi connectivity index (χ0v) is 19.9. The number of hydrogen-bond donors (Lipinski definition) is 0. The molecular weight excluding hydrogens is 442 g/mol. The minimum Gasteiger partial charge on any atom is -0.872 e. The van der Waals surface area contributed by atoms with E-state index in [1.807, 2.05) is 62.3 Å². The van der Waals surface area contributed by atoms with Gasteiger partial charge in [0.1, 0.15) is 11.9 Å². The lowest BCUT2D eigenvalue weighted by Gasteiger charge is -2.28. The van der Waals surface area contributed by atoms with E-state index in [-0.39, 0.29) is 18.2 Å². The molecule has 0 bridgehead atoms. The molecule has 3 aromatic rings. The highest BCUT2D eigenvalue weighted by Gasteiger charge is 2.44. The molecular formula is C28H27N3O4. The second-order valence-corrected chi connectivity index (χ2v) is 9.26. The average molecular weight is 470 g/mol. The molecule has 1 fully saturated rings. The van der Waals surface area contributed by atoms with E-state index in [2.05, 4.69) is 4.98 Å². The Morgan fingerprint density at radius 2 is 1.80 bits per heavy atom. The number of carbonyl (C=O) groups is 2. The number of hydrogen-bond acceptors (Lipinski definition) is 5. The van der Waals surface area contributed by atoms with Gasteiger partial charge in [-0.05, 0) is 53.4 Å². The summed E-state index contributed by atoms with van der Waals surface area (Å²) in [7, 11) is 3.88. The minimum atomic E-state index is -0.772. The summed E-state index contributed by atoms with van der Waals surface area (Å²) >= 11 is 0. The highest BCUT2D eigenvalue weighted by Crippen LogP contribution is 2.41. The topological polar surface area (TPSA) is 87.0 Å². The highest BCUT2D eigenvalue weighted by molar-refractivity contribution is 6.46. The van der Waals surface area contributed by atoms with Crippen molar-refractivity contribution in [2.75, 3.05) is 19.0 Å². The third-order valence-electron chi connectivity index (χ3n) is 6.55. The van der Waals surface area contributed by atoms with E-state index in [9.17, 15) is 14.7 Å². The van der Waals surface area contributed by atoms with Crippen LogP contribution in [0, 0.1) is 0 Å². The van der Waals surface area contributed by atoms with E-state index in [0.29, 0.717) is 12.0 Å². The van der Waals surface area contributed by atoms with Gasteiger partial charge in [-0.2, -0.15) is 0 Å². The van der Waals surface area contributed by atoms with Crippen LogP contribution in [0.3, 0.4) is 0 Å². The fourth-order valence-electron chi connectivity index (χ4n) is 4.78. The number of likely N-dealkylation sites (tertiary alicyclic amines) is 1. The molecule has 178 valence electrons. The molecule has 0 aliphatic carbocycles. The van der Waals surface area contributed by atoms with Crippen LogP contribution in [0.2, 0.25) is 0 Å². The number of pyridine rings is 1. The molecule has 1 amide bonds. The van der Waals surface area contributed by atoms with Crippen molar-refractivity contribution in [1.29, 1.82) is 0 Å². The van der Waals surface area contributed by atoms with Gasteiger partial charge >= 0.3 is 0 Å². The van der Waals surface area contributed by atoms with Crippen LogP contribution in [0.5, 0.6) is 5.75 Å². The van der Waals surface area contributed by atoms with Crippen molar-refractivity contribution in [2.45, 2.75) is 32.0 Å². The Kier molecular flexibility index (Phi) is 5.76. The standard InChI is InChI=1S/C28H27N3O4/c1-17-14-21-15-20(6-9-23(21)35-17)26(32)24-25(19-4-7-22(8-5-19)30(2)3)31(28(34)27(24)33)16-18-10-12-29-13-11-18/h4-13,15,17,25,32H,14,16H2,1-3H3. The highest BCUT2D eigenvalue weighted by atomic mass is 16.5. The summed E-state index contributed by atoms with van der Waals surface area (Å²) < 4.78 is 5.76. The van der Waals surface area contributed by atoms with Crippen LogP contribution in [-0.2, 0) is 22.6 Å². The number of amides is 1. The van der Waals surface area contributed by atoms with Crippen molar-refractivity contribution < 1.29 is 24.4 Å². The van der Waals surface area contributed by atoms with Crippen LogP contribution in [0.15, 0.2) is 72.6 Å². The van der Waals surface area contributed by atoms with Gasteiger partial charge in [-0.1, -0.05) is 24.0 Å². The first-order valence-electron chi connectivity index (χ1n) is 11.6. The van der Waals surface area contributed by atoms with Crippen molar-refractivity contribution in [2.24, 2.45) is 0 Å². The van der Waals surface area contributed by atoms with Gasteiger partial charge in [-0.25, -0.2) is 4.98 Å². The number of carbonyl (C=O) groups excluding carboxylic acids is 2. The lowest BCUT2D eigenvalue weighted by Crippen LogP contribution is -2.29. The van der Waals surface area contributed by atoms with E-state index in [0.717, 1.165) is 28.1 Å². The molecule has 7 nitrogen and oxygen atoms in total. The first-order valence-corrected chi connectivity index (χ1v) is 11.6. The Morgan fingerprint density at radius 3 is 2.49 bits per heavy atom. The molecule has 2 unspecified atom stereocenters. The normalized spacial score (nSPS) is 20.6. The van der Waals surface area contributed by atoms with Crippen LogP contribution in [0.4, 0.5) is 5.69 Å². The molecule has 2 atom stereocenters. The molecule has 2 aromatic carbocycles. The number of ether oxygens (including phenoxy) is 1. The maximum atomic E-state index is 13.8. The number of nitrogens with one attached hydrogen (secondary N) is 1. The predicted molar refractivity (Wildman–Crippen MR) is 129 cm³/mol. The van der Waals surface area contributed by atoms with Crippen LogP contribution in [0.1, 0.15) is 35.2 Å². The Hall–Kier alpha value is -4.13. The number of fused-ring (bicyclic) bond motifs is 1. The smallest absolute Gasteiger partial charge is 0.295 e. The number of ketones is 1. The SMILES string of the molecule is CC1Cc2cc(C([O-])=C3C(=O)C(=O)N(Cc4cc[nH+]cc4)C3c3ccc(N(C)C)cc3)ccc2O1. The summed E-state index contributed by atoms with van der Waals surface area (Å²) in [5, 5.41) is 13.8. The summed E-state index contributed by atoms with van der Waals surface area (Å²) in [5.41, 5.74) is 3.88. The zero-order chi connectivity index (χ0) is 24.7. The number of aromatic amines is 1. The average Bonchev–Trinajstić information content (AvgIpc) is 3.35. The van der Waals surface area contributed by atoms with Gasteiger partial charge in [0.25, 0.3) is 5.91 Å². The third kappa shape index (κ3) is 4.14. The monoisotopic (exact) mass is 469 g/mol. The first-order chi connectivity index (χ1) is 16.8. The number of H-pyrrole nitrogens is 1. The van der Waals surface area contributed by atoms with Gasteiger partial charge in [0, 0.05) is 50.5 Å². The van der Waals surface area contributed by atoms with Crippen LogP contribution >= 0.6 is 0 Å². The zero-order valence-electron chi connectivity index (χ0n) is 19.9. The molecule has 1 aromatic heterocycles. The summed E-state index contributed by atoms with van der Waals surface area (Å²) in [4.78, 5) is 32.9. The van der Waals surface area contributed by atoms with E-state index in [1.54, 1.807) is 30.6 Å². The van der Waals surface area contributed by atoms with Crippen LogP contribution < -0.4 is 19.7 Å². The summed E-state index contributed by atoms with van der Waals surface area (Å²) in [6.45, 7) is 2.19. The predicted octanol–water partition coefficient (Wildman–Crippen LogP) is 2.31. The van der Waals surface area contributed by atoms with Crippen LogP contribution in [0.25, 0.3) is 5.76 Å². The third-order valence-corrected chi connectivity index (χ3v) is 6.55. The number of rotatable bonds is 5. The fourth-order valence-corrected chi connectivity index (χ4v) is 4.78. The van der Waals surface area contributed by atoms with E-state index in [1.165, 1.54) is 4.90 Å². The minimum absolute atomic E-state index is 0.0120. The van der Waals surface area contributed by atoms with E-state index >= 15 is 0 Å². The number of nitrogens with zero attached hydrogens (tertiary/aromatic N) is 2. The summed E-state index contributed by atoms with van der Waals surface area (Å²) in [6.07, 6.45) is 4.27. The van der Waals surface area contributed by atoms with Crippen molar-refractivity contribution >= 4 is 23.1 Å². The van der Waals surface area contributed by atoms with Gasteiger partial charge in [0.2, 0.25) is 5.78 Å². The first kappa shape index (κ1) is 22.7. The van der Waals surface area contributed by atoms with Gasteiger partial charge < -0.3 is 19.6 Å². The van der Waals surface area contributed by atoms with Gasteiger partial charge in [0.15, 0.2) is 12.4 Å². The van der Waals surface area contributed by atoms with Crippen molar-refractivity contribution in [3.8, 4) is 5.75 Å². The maximum absolute atomic E-state index is 13.8. The largest absolute Gasteiger partial charge is 0.872 e. The second kappa shape index (κ2) is 8.91. The molecule has 35 heavy (non-hydrogen) atoms. The molecule has 2 aliphatic heterocycles. The van der Waals surface area contributed by atoms with Crippen molar-refractivity contribution in [1.82, 2.24) is 4.90 Å². The van der Waals surface area contributed by atoms with Crippen molar-refractivity contribution in [3.63, 3.8) is 0 Å². The van der Waals surface area contributed by atoms with E-state index < -0.39 is 23.5 Å². The number of Topliss-reactive ketones (excluding diaryl/α,β-unsaturated/α-hetero) is 1. The molecule has 7 heteroatoms. The molecule has 0 spiro atoms. The summed E-state index contributed by atoms with van der Waals surface area (Å²) in [6, 6.07) is 15.8. The van der Waals surface area contributed by atoms with Gasteiger partial charge in [-0.3, -0.25) is 9.59 Å². The van der Waals surface area contributed by atoms with E-state index in [4.69, 9.17) is 4.74 Å². The lowest BCUT2D eigenvalue weighted by atomic mass is 9.94. The number of aromatic nitrogens is 1. The Labute approximate surface area is 204 Å². The fraction of sp³-hybridized carbons (Fsp3) is 0.250. The maximum Gasteiger partial charge on any atom is 0.295 e. The quantitative estimate of drug-likeness (QED) is 0.325. The Morgan fingerprint density at radius 1 is 1.09 bits per heavy atom. The van der Waals surface area contributed by atoms with Crippen LogP contribution in [-0.4, -0.2) is 36.8 Å². The second-order valence-electron chi connectivity index (χ2n) is 9.26. The molecule has 3 heterocycles. The number of benzene rings is 2. The molecule has 0 saturated carbocycles. The van der Waals surface area contributed by atoms with Gasteiger partial charge in [0.05, 0.1) is 6.04 Å². The van der Waals surface area contributed by atoms with Crippen molar-refractivity contribution in [3.05, 3.63) is 94.8 Å². The van der Waals surface area contributed by atoms with Gasteiger partial charge in [-0.15, -0.1) is 0 Å². The Balaban J connectivity index is 1.62. The molecule has 2 aliphatic rings. The lowest BCUT2D eigenvalue weighted by molar-refractivity contribution is -0.378. The Bertz CT molecular complexity index is 1320. The molecule has 0 radical (unpaired) electrons.